The summed E-state index contributed by atoms with van der Waals surface area (Å²) in [5, 5.41) is 0. The Balaban J connectivity index is 2.06. The van der Waals surface area contributed by atoms with Gasteiger partial charge in [0, 0.05) is 6.04 Å². The van der Waals surface area contributed by atoms with E-state index < -0.39 is 0 Å². The third kappa shape index (κ3) is 1.86. The zero-order valence-corrected chi connectivity index (χ0v) is 9.90. The summed E-state index contributed by atoms with van der Waals surface area (Å²) >= 11 is 0. The van der Waals surface area contributed by atoms with E-state index in [1.165, 1.54) is 12.1 Å². The van der Waals surface area contributed by atoms with Crippen molar-refractivity contribution in [2.75, 3.05) is 13.1 Å². The Morgan fingerprint density at radius 1 is 1.33 bits per heavy atom. The Morgan fingerprint density at radius 2 is 2.06 bits per heavy atom. The fourth-order valence-corrected chi connectivity index (χ4v) is 2.61. The highest BCUT2D eigenvalue weighted by Crippen LogP contribution is 2.24. The molecule has 0 spiro atoms. The van der Waals surface area contributed by atoms with Gasteiger partial charge in [-0.2, -0.15) is 0 Å². The van der Waals surface area contributed by atoms with Crippen molar-refractivity contribution in [3.8, 4) is 0 Å². The number of hydrogen-bond acceptors (Lipinski definition) is 2. The molecule has 2 radical (unpaired) electrons. The van der Waals surface area contributed by atoms with Gasteiger partial charge in [0.15, 0.2) is 7.98 Å². The predicted molar refractivity (Wildman–Crippen MR) is 68.1 cm³/mol. The topological polar surface area (TPSA) is 41.0 Å². The summed E-state index contributed by atoms with van der Waals surface area (Å²) in [6.07, 6.45) is 1.67. The zero-order chi connectivity index (χ0) is 12.7. The van der Waals surface area contributed by atoms with Crippen LogP contribution in [0.5, 0.6) is 0 Å². The van der Waals surface area contributed by atoms with E-state index >= 15 is 0 Å². The minimum atomic E-state index is -0.340. The summed E-state index contributed by atoms with van der Waals surface area (Å²) in [6, 6.07) is 4.52. The Labute approximate surface area is 105 Å². The largest absolute Gasteiger partial charge is 0.353 e. The van der Waals surface area contributed by atoms with Gasteiger partial charge in [0.2, 0.25) is 0 Å². The quantitative estimate of drug-likeness (QED) is 0.766. The molecule has 1 aromatic heterocycles. The van der Waals surface area contributed by atoms with Crippen molar-refractivity contribution in [3.63, 3.8) is 0 Å². The monoisotopic (exact) mass is 245 g/mol. The van der Waals surface area contributed by atoms with Crippen molar-refractivity contribution in [2.45, 2.75) is 18.9 Å². The Bertz CT molecular complexity index is 628. The summed E-state index contributed by atoms with van der Waals surface area (Å²) in [5.74, 6) is -0.340. The second kappa shape index (κ2) is 4.28. The lowest BCUT2D eigenvalue weighted by Gasteiger charge is -2.30. The minimum absolute atomic E-state index is 0.136. The normalized spacial score (nSPS) is 18.5. The van der Waals surface area contributed by atoms with Gasteiger partial charge in [-0.25, -0.2) is 9.18 Å². The van der Waals surface area contributed by atoms with E-state index in [0.717, 1.165) is 31.4 Å². The van der Waals surface area contributed by atoms with Gasteiger partial charge in [-0.3, -0.25) is 4.57 Å². The lowest BCUT2D eigenvalue weighted by molar-refractivity contribution is 0.283. The molecular weight excluding hydrogens is 232 g/mol. The highest BCUT2D eigenvalue weighted by Gasteiger charge is 2.21. The minimum Gasteiger partial charge on any atom is -0.353 e. The summed E-state index contributed by atoms with van der Waals surface area (Å²) in [6.45, 7) is 1.54. The molecule has 1 aliphatic rings. The second-order valence-electron chi connectivity index (χ2n) is 4.73. The average Bonchev–Trinajstić information content (AvgIpc) is 2.65. The third-order valence-corrected chi connectivity index (χ3v) is 3.54. The van der Waals surface area contributed by atoms with E-state index in [1.807, 2.05) is 0 Å². The molecule has 0 unspecified atom stereocenters. The van der Waals surface area contributed by atoms with Gasteiger partial charge in [0.25, 0.3) is 0 Å². The van der Waals surface area contributed by atoms with Crippen LogP contribution in [0.25, 0.3) is 11.0 Å². The molecule has 2 aromatic rings. The van der Waals surface area contributed by atoms with E-state index in [4.69, 9.17) is 7.98 Å². The van der Waals surface area contributed by atoms with Gasteiger partial charge >= 0.3 is 5.69 Å². The van der Waals surface area contributed by atoms with Crippen LogP contribution in [0.4, 0.5) is 4.39 Å². The molecule has 1 aromatic carbocycles. The molecule has 1 fully saturated rings. The molecule has 0 amide bonds. The number of fused-ring (bicyclic) bond motifs is 1. The summed E-state index contributed by atoms with van der Waals surface area (Å²) < 4.78 is 14.8. The summed E-state index contributed by atoms with van der Waals surface area (Å²) in [5.41, 5.74) is 1.14. The van der Waals surface area contributed by atoms with Gasteiger partial charge in [-0.1, -0.05) is 0 Å². The SMILES string of the molecule is [B]N1CCC(n2c(=O)[nH]c3cc(F)ccc32)CC1. The van der Waals surface area contributed by atoms with E-state index in [9.17, 15) is 9.18 Å². The third-order valence-electron chi connectivity index (χ3n) is 3.54. The number of nitrogens with zero attached hydrogens (tertiary/aromatic N) is 2. The molecule has 0 atom stereocenters. The molecule has 1 aliphatic heterocycles. The van der Waals surface area contributed by atoms with E-state index in [1.54, 1.807) is 15.4 Å². The van der Waals surface area contributed by atoms with Gasteiger partial charge in [-0.05, 0) is 44.1 Å². The van der Waals surface area contributed by atoms with Crippen LogP contribution in [0.1, 0.15) is 18.9 Å². The Morgan fingerprint density at radius 3 is 2.78 bits per heavy atom. The first-order chi connectivity index (χ1) is 8.65. The van der Waals surface area contributed by atoms with Crippen molar-refractivity contribution < 1.29 is 4.39 Å². The maximum atomic E-state index is 13.1. The number of aromatic nitrogens is 2. The average molecular weight is 245 g/mol. The maximum absolute atomic E-state index is 13.1. The van der Waals surface area contributed by atoms with E-state index in [-0.39, 0.29) is 17.5 Å². The molecule has 0 bridgehead atoms. The second-order valence-corrected chi connectivity index (χ2v) is 4.73. The highest BCUT2D eigenvalue weighted by atomic mass is 19.1. The first-order valence-electron chi connectivity index (χ1n) is 6.04. The fraction of sp³-hybridized carbons (Fsp3) is 0.417. The lowest BCUT2D eigenvalue weighted by Crippen LogP contribution is -2.35. The van der Waals surface area contributed by atoms with Crippen LogP contribution in [0.2, 0.25) is 0 Å². The van der Waals surface area contributed by atoms with Crippen molar-refractivity contribution in [1.82, 2.24) is 14.4 Å². The first kappa shape index (κ1) is 11.5. The lowest BCUT2D eigenvalue weighted by atomic mass is 10.0. The number of piperidine rings is 1. The number of imidazole rings is 1. The molecule has 2 heterocycles. The molecule has 18 heavy (non-hydrogen) atoms. The van der Waals surface area contributed by atoms with Crippen LogP contribution in [-0.4, -0.2) is 35.4 Å². The molecule has 0 saturated carbocycles. The van der Waals surface area contributed by atoms with Crippen molar-refractivity contribution in [1.29, 1.82) is 0 Å². The molecule has 0 aliphatic carbocycles. The van der Waals surface area contributed by atoms with E-state index in [2.05, 4.69) is 4.98 Å². The van der Waals surface area contributed by atoms with Crippen LogP contribution < -0.4 is 5.69 Å². The number of nitrogens with one attached hydrogen (secondary N) is 1. The number of H-pyrrole nitrogens is 1. The van der Waals surface area contributed by atoms with Crippen LogP contribution in [0.3, 0.4) is 0 Å². The number of aromatic amines is 1. The van der Waals surface area contributed by atoms with Crippen molar-refractivity contribution >= 4 is 19.0 Å². The van der Waals surface area contributed by atoms with Crippen LogP contribution in [0, 0.1) is 5.82 Å². The van der Waals surface area contributed by atoms with Crippen molar-refractivity contribution in [2.24, 2.45) is 0 Å². The van der Waals surface area contributed by atoms with Gasteiger partial charge in [-0.15, -0.1) is 0 Å². The first-order valence-corrected chi connectivity index (χ1v) is 6.04. The fourth-order valence-electron chi connectivity index (χ4n) is 2.61. The molecule has 92 valence electrons. The van der Waals surface area contributed by atoms with E-state index in [0.29, 0.717) is 5.52 Å². The standard InChI is InChI=1S/C12H13BFN3O/c13-16-5-3-9(4-6-16)17-11-2-1-8(14)7-10(11)15-12(17)18/h1-2,7,9H,3-6H2,(H,15,18). The van der Waals surface area contributed by atoms with Crippen molar-refractivity contribution in [3.05, 3.63) is 34.5 Å². The number of halogens is 1. The summed E-state index contributed by atoms with van der Waals surface area (Å²) in [7, 11) is 5.71. The molecule has 1 saturated heterocycles. The molecule has 1 N–H and O–H groups in total. The molecule has 6 heteroatoms. The highest BCUT2D eigenvalue weighted by molar-refractivity contribution is 6.04. The van der Waals surface area contributed by atoms with Crippen LogP contribution in [0.15, 0.2) is 23.0 Å². The molecule has 4 nitrogen and oxygen atoms in total. The Kier molecular flexibility index (Phi) is 2.74. The number of benzene rings is 1. The summed E-state index contributed by atoms with van der Waals surface area (Å²) in [4.78, 5) is 16.4. The maximum Gasteiger partial charge on any atom is 0.326 e. The van der Waals surface area contributed by atoms with Gasteiger partial charge < -0.3 is 9.79 Å². The van der Waals surface area contributed by atoms with Gasteiger partial charge in [0.1, 0.15) is 5.82 Å². The molecule has 3 rings (SSSR count). The van der Waals surface area contributed by atoms with Crippen LogP contribution >= 0.6 is 0 Å². The Hall–Kier alpha value is -1.56. The van der Waals surface area contributed by atoms with Gasteiger partial charge in [0.05, 0.1) is 11.0 Å². The zero-order valence-electron chi connectivity index (χ0n) is 9.90. The smallest absolute Gasteiger partial charge is 0.326 e. The molecular formula is C12H13BFN3O. The number of hydrogen-bond donors (Lipinski definition) is 1. The predicted octanol–water partition coefficient (Wildman–Crippen LogP) is 1.19. The van der Waals surface area contributed by atoms with Crippen LogP contribution in [-0.2, 0) is 0 Å². The number of rotatable bonds is 1.